The van der Waals surface area contributed by atoms with Crippen LogP contribution >= 0.6 is 11.8 Å². The second-order valence-corrected chi connectivity index (χ2v) is 4.85. The van der Waals surface area contributed by atoms with Gasteiger partial charge in [0.1, 0.15) is 0 Å². The van der Waals surface area contributed by atoms with Crippen LogP contribution in [0.5, 0.6) is 0 Å². The summed E-state index contributed by atoms with van der Waals surface area (Å²) in [7, 11) is 1.94. The largest absolute Gasteiger partial charge is 0.339 e. The molecule has 2 heterocycles. The van der Waals surface area contributed by atoms with Crippen molar-refractivity contribution in [3.05, 3.63) is 28.7 Å². The summed E-state index contributed by atoms with van der Waals surface area (Å²) >= 11 is 1.68. The Morgan fingerprint density at radius 2 is 2.12 bits per heavy atom. The SMILES string of the molecule is CSCc1noc(Cc2c(C)nn(C)c2C)n1. The van der Waals surface area contributed by atoms with Gasteiger partial charge in [-0.25, -0.2) is 0 Å². The minimum Gasteiger partial charge on any atom is -0.339 e. The number of hydrogen-bond acceptors (Lipinski definition) is 5. The summed E-state index contributed by atoms with van der Waals surface area (Å²) in [6.45, 7) is 4.05. The monoisotopic (exact) mass is 252 g/mol. The number of nitrogens with zero attached hydrogens (tertiary/aromatic N) is 4. The van der Waals surface area contributed by atoms with E-state index in [0.717, 1.165) is 23.0 Å². The normalized spacial score (nSPS) is 11.1. The number of aryl methyl sites for hydroxylation is 2. The Morgan fingerprint density at radius 3 is 2.71 bits per heavy atom. The summed E-state index contributed by atoms with van der Waals surface area (Å²) < 4.78 is 7.11. The van der Waals surface area contributed by atoms with Crippen LogP contribution in [0.15, 0.2) is 4.52 Å². The van der Waals surface area contributed by atoms with Gasteiger partial charge in [0.25, 0.3) is 0 Å². The predicted molar refractivity (Wildman–Crippen MR) is 67.0 cm³/mol. The van der Waals surface area contributed by atoms with E-state index in [1.54, 1.807) is 11.8 Å². The van der Waals surface area contributed by atoms with E-state index in [0.29, 0.717) is 12.3 Å². The summed E-state index contributed by atoms with van der Waals surface area (Å²) in [5.41, 5.74) is 3.34. The van der Waals surface area contributed by atoms with E-state index in [4.69, 9.17) is 4.52 Å². The molecule has 0 amide bonds. The number of rotatable bonds is 4. The van der Waals surface area contributed by atoms with E-state index in [1.807, 2.05) is 24.9 Å². The fraction of sp³-hybridized carbons (Fsp3) is 0.545. The molecule has 0 aliphatic carbocycles. The maximum atomic E-state index is 5.23. The minimum absolute atomic E-state index is 0.660. The molecule has 0 saturated carbocycles. The topological polar surface area (TPSA) is 56.7 Å². The molecule has 0 saturated heterocycles. The van der Waals surface area contributed by atoms with Crippen molar-refractivity contribution in [2.75, 3.05) is 6.26 Å². The first-order chi connectivity index (χ1) is 8.11. The average Bonchev–Trinajstić information content (AvgIpc) is 2.81. The second-order valence-electron chi connectivity index (χ2n) is 3.99. The molecule has 0 spiro atoms. The van der Waals surface area contributed by atoms with Crippen LogP contribution in [0.25, 0.3) is 0 Å². The van der Waals surface area contributed by atoms with Crippen molar-refractivity contribution in [1.29, 1.82) is 0 Å². The standard InChI is InChI=1S/C11H16N4OS/c1-7-9(8(2)15(3)13-7)5-11-12-10(6-17-4)14-16-11/h5-6H2,1-4H3. The molecule has 0 radical (unpaired) electrons. The van der Waals surface area contributed by atoms with Crippen LogP contribution in [0.3, 0.4) is 0 Å². The molecule has 0 unspecified atom stereocenters. The minimum atomic E-state index is 0.660. The lowest BCUT2D eigenvalue weighted by molar-refractivity contribution is 0.380. The van der Waals surface area contributed by atoms with Gasteiger partial charge < -0.3 is 4.52 Å². The third kappa shape index (κ3) is 2.52. The molecule has 2 rings (SSSR count). The lowest BCUT2D eigenvalue weighted by Gasteiger charge is -1.97. The van der Waals surface area contributed by atoms with Crippen molar-refractivity contribution in [1.82, 2.24) is 19.9 Å². The van der Waals surface area contributed by atoms with Crippen LogP contribution in [0.1, 0.15) is 28.7 Å². The Balaban J connectivity index is 2.19. The predicted octanol–water partition coefficient (Wildman–Crippen LogP) is 1.87. The van der Waals surface area contributed by atoms with Gasteiger partial charge >= 0.3 is 0 Å². The van der Waals surface area contributed by atoms with E-state index in [2.05, 4.69) is 22.2 Å². The summed E-state index contributed by atoms with van der Waals surface area (Å²) in [4.78, 5) is 4.35. The molecular weight excluding hydrogens is 236 g/mol. The molecule has 92 valence electrons. The highest BCUT2D eigenvalue weighted by atomic mass is 32.2. The van der Waals surface area contributed by atoms with Gasteiger partial charge in [0, 0.05) is 18.3 Å². The van der Waals surface area contributed by atoms with Gasteiger partial charge in [-0.1, -0.05) is 5.16 Å². The second kappa shape index (κ2) is 4.91. The molecule has 0 N–H and O–H groups in total. The van der Waals surface area contributed by atoms with Gasteiger partial charge in [0.15, 0.2) is 5.82 Å². The van der Waals surface area contributed by atoms with Crippen molar-refractivity contribution in [2.45, 2.75) is 26.0 Å². The molecule has 6 heteroatoms. The van der Waals surface area contributed by atoms with Crippen molar-refractivity contribution in [3.8, 4) is 0 Å². The van der Waals surface area contributed by atoms with E-state index in [1.165, 1.54) is 5.56 Å². The maximum Gasteiger partial charge on any atom is 0.231 e. The smallest absolute Gasteiger partial charge is 0.231 e. The highest BCUT2D eigenvalue weighted by molar-refractivity contribution is 7.97. The lowest BCUT2D eigenvalue weighted by Crippen LogP contribution is -1.95. The molecule has 2 aromatic heterocycles. The van der Waals surface area contributed by atoms with Crippen LogP contribution in [0.2, 0.25) is 0 Å². The van der Waals surface area contributed by atoms with Crippen molar-refractivity contribution in [2.24, 2.45) is 7.05 Å². The van der Waals surface area contributed by atoms with Gasteiger partial charge in [-0.2, -0.15) is 21.8 Å². The Bertz CT molecular complexity index is 518. The van der Waals surface area contributed by atoms with E-state index in [-0.39, 0.29) is 0 Å². The average molecular weight is 252 g/mol. The number of hydrogen-bond donors (Lipinski definition) is 0. The first kappa shape index (κ1) is 12.2. The molecule has 2 aromatic rings. The Hall–Kier alpha value is -1.30. The van der Waals surface area contributed by atoms with Gasteiger partial charge in [0.05, 0.1) is 17.9 Å². The quantitative estimate of drug-likeness (QED) is 0.831. The van der Waals surface area contributed by atoms with Gasteiger partial charge in [-0.15, -0.1) is 0 Å². The Kier molecular flexibility index (Phi) is 3.51. The van der Waals surface area contributed by atoms with Crippen molar-refractivity contribution in [3.63, 3.8) is 0 Å². The summed E-state index contributed by atoms with van der Waals surface area (Å²) in [5.74, 6) is 2.20. The molecular formula is C11H16N4OS. The van der Waals surface area contributed by atoms with Crippen LogP contribution in [-0.2, 0) is 19.2 Å². The fourth-order valence-electron chi connectivity index (χ4n) is 1.77. The van der Waals surface area contributed by atoms with Gasteiger partial charge in [-0.05, 0) is 20.1 Å². The van der Waals surface area contributed by atoms with E-state index in [9.17, 15) is 0 Å². The molecule has 17 heavy (non-hydrogen) atoms. The Morgan fingerprint density at radius 1 is 1.35 bits per heavy atom. The lowest BCUT2D eigenvalue weighted by atomic mass is 10.1. The molecule has 0 atom stereocenters. The zero-order valence-corrected chi connectivity index (χ0v) is 11.3. The summed E-state index contributed by atoms with van der Waals surface area (Å²) in [6.07, 6.45) is 2.68. The van der Waals surface area contributed by atoms with Gasteiger partial charge in [-0.3, -0.25) is 4.68 Å². The van der Waals surface area contributed by atoms with Crippen molar-refractivity contribution < 1.29 is 4.52 Å². The maximum absolute atomic E-state index is 5.23. The first-order valence-corrected chi connectivity index (χ1v) is 6.80. The third-order valence-corrected chi connectivity index (χ3v) is 3.32. The number of thioether (sulfide) groups is 1. The number of aromatic nitrogens is 4. The molecule has 0 aliphatic rings. The highest BCUT2D eigenvalue weighted by Crippen LogP contribution is 2.16. The zero-order chi connectivity index (χ0) is 12.4. The first-order valence-electron chi connectivity index (χ1n) is 5.41. The van der Waals surface area contributed by atoms with Crippen LogP contribution in [-0.4, -0.2) is 26.2 Å². The zero-order valence-electron chi connectivity index (χ0n) is 10.5. The molecule has 0 aromatic carbocycles. The molecule has 5 nitrogen and oxygen atoms in total. The Labute approximate surface area is 105 Å². The van der Waals surface area contributed by atoms with Crippen LogP contribution < -0.4 is 0 Å². The third-order valence-electron chi connectivity index (χ3n) is 2.77. The molecule has 0 aliphatic heterocycles. The van der Waals surface area contributed by atoms with Gasteiger partial charge in [0.2, 0.25) is 5.89 Å². The molecule has 0 bridgehead atoms. The van der Waals surface area contributed by atoms with E-state index >= 15 is 0 Å². The summed E-state index contributed by atoms with van der Waals surface area (Å²) in [5, 5.41) is 8.31. The van der Waals surface area contributed by atoms with Crippen LogP contribution in [0, 0.1) is 13.8 Å². The fourth-order valence-corrected chi connectivity index (χ4v) is 2.15. The summed E-state index contributed by atoms with van der Waals surface area (Å²) in [6, 6.07) is 0. The van der Waals surface area contributed by atoms with E-state index < -0.39 is 0 Å². The highest BCUT2D eigenvalue weighted by Gasteiger charge is 2.14. The van der Waals surface area contributed by atoms with Crippen LogP contribution in [0.4, 0.5) is 0 Å². The molecule has 0 fully saturated rings. The van der Waals surface area contributed by atoms with Crippen molar-refractivity contribution >= 4 is 11.8 Å².